The molecule has 1 aliphatic rings. The molecule has 0 unspecified atom stereocenters. The van der Waals surface area contributed by atoms with E-state index in [4.69, 9.17) is 11.6 Å². The van der Waals surface area contributed by atoms with Gasteiger partial charge in [-0.25, -0.2) is 0 Å². The highest BCUT2D eigenvalue weighted by Gasteiger charge is 2.34. The van der Waals surface area contributed by atoms with E-state index in [1.165, 1.54) is 0 Å². The predicted octanol–water partition coefficient (Wildman–Crippen LogP) is 3.02. The number of Topliss-reactive ketones (excluding diaryl/α,β-unsaturated/α-hetero) is 1. The summed E-state index contributed by atoms with van der Waals surface area (Å²) in [4.78, 5) is 22.5. The Morgan fingerprint density at radius 2 is 2.11 bits per heavy atom. The van der Waals surface area contributed by atoms with Gasteiger partial charge in [-0.15, -0.1) is 0 Å². The predicted molar refractivity (Wildman–Crippen MR) is 76.5 cm³/mol. The molecule has 102 valence electrons. The van der Waals surface area contributed by atoms with Crippen LogP contribution in [-0.4, -0.2) is 28.8 Å². The first kappa shape index (κ1) is 14.3. The number of carbonyl (C=O) groups excluding carboxylic acids is 1. The molecule has 0 bridgehead atoms. The van der Waals surface area contributed by atoms with E-state index in [1.807, 2.05) is 0 Å². The third-order valence-electron chi connectivity index (χ3n) is 3.33. The van der Waals surface area contributed by atoms with Crippen LogP contribution in [0.1, 0.15) is 17.9 Å². The van der Waals surface area contributed by atoms with Crippen molar-refractivity contribution >= 4 is 29.1 Å². The summed E-state index contributed by atoms with van der Waals surface area (Å²) in [6, 6.07) is 6.99. The molecule has 0 aliphatic carbocycles. The summed E-state index contributed by atoms with van der Waals surface area (Å²) in [5, 5.41) is 11.5. The van der Waals surface area contributed by atoms with Crippen LogP contribution in [0.25, 0.3) is 0 Å². The lowest BCUT2D eigenvalue weighted by atomic mass is 9.83. The smallest absolute Gasteiger partial charge is 0.211 e. The van der Waals surface area contributed by atoms with Crippen molar-refractivity contribution in [1.29, 1.82) is 0 Å². The fourth-order valence-electron chi connectivity index (χ4n) is 2.34. The number of benzene rings is 1. The number of nitrogens with zero attached hydrogens (tertiary/aromatic N) is 1. The van der Waals surface area contributed by atoms with E-state index in [0.717, 1.165) is 11.3 Å². The molecule has 2 atom stereocenters. The number of thioether (sulfide) groups is 1. The molecule has 19 heavy (non-hydrogen) atoms. The van der Waals surface area contributed by atoms with Gasteiger partial charge in [-0.1, -0.05) is 23.7 Å². The molecule has 1 heterocycles. The Bertz CT molecular complexity index is 477. The summed E-state index contributed by atoms with van der Waals surface area (Å²) in [6.45, 7) is -0.210. The third kappa shape index (κ3) is 3.70. The van der Waals surface area contributed by atoms with Crippen LogP contribution in [0.4, 0.5) is 0 Å². The van der Waals surface area contributed by atoms with E-state index >= 15 is 0 Å². The second-order valence-electron chi connectivity index (χ2n) is 4.57. The molecule has 2 rings (SSSR count). The van der Waals surface area contributed by atoms with E-state index in [9.17, 15) is 14.9 Å². The first-order valence-corrected chi connectivity index (χ1v) is 7.59. The summed E-state index contributed by atoms with van der Waals surface area (Å²) in [6.07, 6.45) is 0.511. The second kappa shape index (κ2) is 6.39. The minimum atomic E-state index is -0.354. The van der Waals surface area contributed by atoms with Crippen molar-refractivity contribution in [2.24, 2.45) is 5.92 Å². The fourth-order valence-corrected chi connectivity index (χ4v) is 3.65. The van der Waals surface area contributed by atoms with Crippen molar-refractivity contribution in [1.82, 2.24) is 0 Å². The largest absolute Gasteiger partial charge is 0.299 e. The molecule has 1 fully saturated rings. The van der Waals surface area contributed by atoms with Gasteiger partial charge in [0.2, 0.25) is 6.54 Å². The fraction of sp³-hybridized carbons (Fsp3) is 0.462. The van der Waals surface area contributed by atoms with Gasteiger partial charge in [-0.05, 0) is 17.7 Å². The lowest BCUT2D eigenvalue weighted by Crippen LogP contribution is -2.32. The van der Waals surface area contributed by atoms with Gasteiger partial charge < -0.3 is 0 Å². The maximum atomic E-state index is 12.0. The van der Waals surface area contributed by atoms with Crippen molar-refractivity contribution in [2.45, 2.75) is 12.3 Å². The van der Waals surface area contributed by atoms with Gasteiger partial charge in [0.1, 0.15) is 5.78 Å². The van der Waals surface area contributed by atoms with Gasteiger partial charge in [-0.3, -0.25) is 14.9 Å². The van der Waals surface area contributed by atoms with E-state index < -0.39 is 0 Å². The zero-order valence-corrected chi connectivity index (χ0v) is 11.8. The third-order valence-corrected chi connectivity index (χ3v) is 4.67. The lowest BCUT2D eigenvalue weighted by molar-refractivity contribution is -0.484. The van der Waals surface area contributed by atoms with Crippen molar-refractivity contribution in [3.8, 4) is 0 Å². The molecule has 1 aliphatic heterocycles. The number of halogens is 1. The number of nitro groups is 1. The topological polar surface area (TPSA) is 60.2 Å². The molecule has 0 amide bonds. The van der Waals surface area contributed by atoms with Crippen LogP contribution in [0.5, 0.6) is 0 Å². The molecular weight excluding hydrogens is 286 g/mol. The SMILES string of the molecule is O=C1CCSC[C@H]1[C@@H](C[N+](=O)[O-])c1ccc(Cl)cc1. The van der Waals surface area contributed by atoms with Gasteiger partial charge in [0.15, 0.2) is 0 Å². The molecule has 0 spiro atoms. The van der Waals surface area contributed by atoms with Gasteiger partial charge >= 0.3 is 0 Å². The maximum absolute atomic E-state index is 12.0. The van der Waals surface area contributed by atoms with Crippen molar-refractivity contribution in [3.63, 3.8) is 0 Å². The Labute approximate surface area is 120 Å². The highest BCUT2D eigenvalue weighted by atomic mass is 35.5. The number of carbonyl (C=O) groups is 1. The molecule has 4 nitrogen and oxygen atoms in total. The monoisotopic (exact) mass is 299 g/mol. The van der Waals surface area contributed by atoms with Crippen molar-refractivity contribution in [2.75, 3.05) is 18.1 Å². The molecule has 0 radical (unpaired) electrons. The molecule has 6 heteroatoms. The lowest BCUT2D eigenvalue weighted by Gasteiger charge is -2.26. The number of rotatable bonds is 4. The van der Waals surface area contributed by atoms with E-state index in [1.54, 1.807) is 36.0 Å². The van der Waals surface area contributed by atoms with Gasteiger partial charge in [0.05, 0.1) is 5.92 Å². The first-order chi connectivity index (χ1) is 9.08. The minimum absolute atomic E-state index is 0.139. The summed E-state index contributed by atoms with van der Waals surface area (Å²) in [5.74, 6) is 1.01. The minimum Gasteiger partial charge on any atom is -0.299 e. The Morgan fingerprint density at radius 3 is 2.68 bits per heavy atom. The van der Waals surface area contributed by atoms with Gasteiger partial charge in [0, 0.05) is 33.8 Å². The van der Waals surface area contributed by atoms with Crippen LogP contribution in [0.2, 0.25) is 5.02 Å². The van der Waals surface area contributed by atoms with Crippen LogP contribution < -0.4 is 0 Å². The van der Waals surface area contributed by atoms with Crippen LogP contribution in [0, 0.1) is 16.0 Å². The van der Waals surface area contributed by atoms with Crippen LogP contribution in [0.15, 0.2) is 24.3 Å². The standard InChI is InChI=1S/C13H14ClNO3S/c14-10-3-1-9(2-4-10)11(7-15(17)18)12-8-19-6-5-13(12)16/h1-4,11-12H,5-8H2/t11-,12-/m0/s1. The summed E-state index contributed by atoms with van der Waals surface area (Å²) in [5.41, 5.74) is 0.821. The normalized spacial score (nSPS) is 21.1. The maximum Gasteiger partial charge on any atom is 0.211 e. The van der Waals surface area contributed by atoms with E-state index in [2.05, 4.69) is 0 Å². The van der Waals surface area contributed by atoms with Crippen molar-refractivity contribution in [3.05, 3.63) is 45.0 Å². The Hall–Kier alpha value is -1.07. The Kier molecular flexibility index (Phi) is 4.82. The molecule has 0 saturated carbocycles. The van der Waals surface area contributed by atoms with Gasteiger partial charge in [0.25, 0.3) is 0 Å². The number of hydrogen-bond donors (Lipinski definition) is 0. The molecule has 1 saturated heterocycles. The van der Waals surface area contributed by atoms with E-state index in [0.29, 0.717) is 17.2 Å². The Morgan fingerprint density at radius 1 is 1.42 bits per heavy atom. The number of ketones is 1. The summed E-state index contributed by atoms with van der Waals surface area (Å²) >= 11 is 7.52. The van der Waals surface area contributed by atoms with Crippen LogP contribution in [0.3, 0.4) is 0 Å². The molecule has 0 aromatic heterocycles. The number of hydrogen-bond acceptors (Lipinski definition) is 4. The van der Waals surface area contributed by atoms with Crippen LogP contribution in [-0.2, 0) is 4.79 Å². The Balaban J connectivity index is 2.26. The van der Waals surface area contributed by atoms with Crippen LogP contribution >= 0.6 is 23.4 Å². The first-order valence-electron chi connectivity index (χ1n) is 6.05. The molecule has 1 aromatic rings. The zero-order valence-electron chi connectivity index (χ0n) is 10.3. The second-order valence-corrected chi connectivity index (χ2v) is 6.16. The molecule has 1 aromatic carbocycles. The average Bonchev–Trinajstić information content (AvgIpc) is 2.38. The quantitative estimate of drug-likeness (QED) is 0.633. The average molecular weight is 300 g/mol. The zero-order chi connectivity index (χ0) is 13.8. The van der Waals surface area contributed by atoms with E-state index in [-0.39, 0.29) is 29.1 Å². The van der Waals surface area contributed by atoms with Crippen molar-refractivity contribution < 1.29 is 9.72 Å². The van der Waals surface area contributed by atoms with Gasteiger partial charge in [-0.2, -0.15) is 11.8 Å². The highest BCUT2D eigenvalue weighted by Crippen LogP contribution is 2.33. The molecular formula is C13H14ClNO3S. The summed E-state index contributed by atoms with van der Waals surface area (Å²) in [7, 11) is 0. The molecule has 0 N–H and O–H groups in total. The highest BCUT2D eigenvalue weighted by molar-refractivity contribution is 7.99. The summed E-state index contributed by atoms with van der Waals surface area (Å²) < 4.78 is 0.